The summed E-state index contributed by atoms with van der Waals surface area (Å²) >= 11 is 0. The molecule has 0 aliphatic carbocycles. The van der Waals surface area contributed by atoms with Gasteiger partial charge in [-0.05, 0) is 0 Å². The van der Waals surface area contributed by atoms with Crippen molar-refractivity contribution in [2.24, 2.45) is 0 Å². The minimum atomic E-state index is -5.77. The molecule has 0 amide bonds. The summed E-state index contributed by atoms with van der Waals surface area (Å²) in [5.41, 5.74) is 0. The fourth-order valence-electron chi connectivity index (χ4n) is 1.39. The lowest BCUT2D eigenvalue weighted by atomic mass is 10.2. The number of nitrogens with one attached hydrogen (secondary N) is 1. The Morgan fingerprint density at radius 3 is 2.35 bits per heavy atom. The zero-order valence-corrected chi connectivity index (χ0v) is 8.68. The number of methoxy groups -OCH3 is 1. The number of halogens is 5. The molecular weight excluding hydrogens is 253 g/mol. The fraction of sp³-hybridized carbons (Fsp3) is 0.875. The number of hydrogen-bond donors (Lipinski definition) is 1. The maximum atomic E-state index is 12.5. The van der Waals surface area contributed by atoms with Crippen molar-refractivity contribution in [3.8, 4) is 0 Å². The highest BCUT2D eigenvalue weighted by molar-refractivity contribution is 5.76. The molecule has 1 rings (SSSR count). The molecule has 1 N–H and O–H groups in total. The first-order valence-corrected chi connectivity index (χ1v) is 4.61. The monoisotopic (exact) mass is 263 g/mol. The Hall–Kier alpha value is -0.960. The van der Waals surface area contributed by atoms with Gasteiger partial charge in [0.25, 0.3) is 0 Å². The summed E-state index contributed by atoms with van der Waals surface area (Å²) in [6.07, 6.45) is -12.7. The van der Waals surface area contributed by atoms with Gasteiger partial charge in [0.05, 0.1) is 13.2 Å². The predicted molar refractivity (Wildman–Crippen MR) is 44.3 cm³/mol. The van der Waals surface area contributed by atoms with Crippen LogP contribution in [-0.2, 0) is 14.3 Å². The van der Waals surface area contributed by atoms with E-state index in [4.69, 9.17) is 0 Å². The molecule has 0 saturated carbocycles. The van der Waals surface area contributed by atoms with Crippen molar-refractivity contribution in [2.75, 3.05) is 13.7 Å². The summed E-state index contributed by atoms with van der Waals surface area (Å²) in [6.45, 7) is -0.272. The molecule has 1 heterocycles. The van der Waals surface area contributed by atoms with Gasteiger partial charge in [0.1, 0.15) is 6.04 Å². The van der Waals surface area contributed by atoms with Gasteiger partial charge in [0.15, 0.2) is 0 Å². The van der Waals surface area contributed by atoms with Crippen LogP contribution in [0.15, 0.2) is 0 Å². The molecule has 0 spiro atoms. The first kappa shape index (κ1) is 14.1. The average molecular weight is 263 g/mol. The Kier molecular flexibility index (Phi) is 3.92. The summed E-state index contributed by atoms with van der Waals surface area (Å²) in [5.74, 6) is -0.730. The van der Waals surface area contributed by atoms with Crippen molar-refractivity contribution in [3.63, 3.8) is 0 Å². The number of ether oxygens (including phenoxy) is 2. The van der Waals surface area contributed by atoms with E-state index in [1.807, 2.05) is 0 Å². The van der Waals surface area contributed by atoms with Crippen LogP contribution in [-0.4, -0.2) is 44.1 Å². The Morgan fingerprint density at radius 1 is 1.29 bits per heavy atom. The molecule has 2 unspecified atom stereocenters. The summed E-state index contributed by atoms with van der Waals surface area (Å²) in [4.78, 5) is 11.0. The van der Waals surface area contributed by atoms with Gasteiger partial charge >= 0.3 is 18.3 Å². The van der Waals surface area contributed by atoms with Crippen LogP contribution in [0.2, 0.25) is 0 Å². The molecule has 9 heteroatoms. The van der Waals surface area contributed by atoms with E-state index in [9.17, 15) is 26.7 Å². The largest absolute Gasteiger partial charge is 0.482 e. The van der Waals surface area contributed by atoms with E-state index in [1.54, 1.807) is 0 Å². The zero-order chi connectivity index (χ0) is 13.3. The molecular formula is C8H10F5NO3. The summed E-state index contributed by atoms with van der Waals surface area (Å²) in [5, 5.41) is 2.43. The van der Waals surface area contributed by atoms with Gasteiger partial charge in [-0.15, -0.1) is 0 Å². The SMILES string of the molecule is COC(=O)C1CC(OC(F)(F)C(F)(F)F)CN1. The predicted octanol–water partition coefficient (Wildman–Crippen LogP) is 1.06. The lowest BCUT2D eigenvalue weighted by Crippen LogP contribution is -2.42. The van der Waals surface area contributed by atoms with E-state index in [0.29, 0.717) is 0 Å². The molecule has 1 fully saturated rings. The highest BCUT2D eigenvalue weighted by atomic mass is 19.4. The van der Waals surface area contributed by atoms with Crippen molar-refractivity contribution in [3.05, 3.63) is 0 Å². The van der Waals surface area contributed by atoms with Crippen LogP contribution < -0.4 is 5.32 Å². The first-order chi connectivity index (χ1) is 7.67. The molecule has 0 bridgehead atoms. The van der Waals surface area contributed by atoms with Crippen molar-refractivity contribution < 1.29 is 36.2 Å². The second-order valence-electron chi connectivity index (χ2n) is 3.47. The van der Waals surface area contributed by atoms with E-state index in [-0.39, 0.29) is 13.0 Å². The van der Waals surface area contributed by atoms with Gasteiger partial charge in [-0.2, -0.15) is 22.0 Å². The van der Waals surface area contributed by atoms with E-state index in [2.05, 4.69) is 14.8 Å². The number of carbonyl (C=O) groups excluding carboxylic acids is 1. The van der Waals surface area contributed by atoms with Crippen LogP contribution in [0.25, 0.3) is 0 Å². The lowest BCUT2D eigenvalue weighted by Gasteiger charge is -2.22. The third kappa shape index (κ3) is 3.25. The van der Waals surface area contributed by atoms with Gasteiger partial charge < -0.3 is 14.8 Å². The van der Waals surface area contributed by atoms with Crippen LogP contribution in [0.5, 0.6) is 0 Å². The Labute approximate surface area is 93.1 Å². The van der Waals surface area contributed by atoms with E-state index < -0.39 is 30.4 Å². The van der Waals surface area contributed by atoms with Crippen LogP contribution in [0, 0.1) is 0 Å². The summed E-state index contributed by atoms with van der Waals surface area (Å²) in [7, 11) is 1.09. The van der Waals surface area contributed by atoms with Gasteiger partial charge in [-0.25, -0.2) is 0 Å². The Morgan fingerprint density at radius 2 is 1.88 bits per heavy atom. The number of hydrogen-bond acceptors (Lipinski definition) is 4. The highest BCUT2D eigenvalue weighted by Crippen LogP contribution is 2.38. The van der Waals surface area contributed by atoms with E-state index >= 15 is 0 Å². The summed E-state index contributed by atoms with van der Waals surface area (Å²) in [6, 6.07) is -0.922. The zero-order valence-electron chi connectivity index (χ0n) is 8.68. The highest BCUT2D eigenvalue weighted by Gasteiger charge is 2.61. The van der Waals surface area contributed by atoms with Crippen molar-refractivity contribution in [2.45, 2.75) is 30.9 Å². The molecule has 100 valence electrons. The quantitative estimate of drug-likeness (QED) is 0.611. The molecule has 0 radical (unpaired) electrons. The maximum Gasteiger partial charge on any atom is 0.482 e. The topological polar surface area (TPSA) is 47.6 Å². The van der Waals surface area contributed by atoms with Crippen molar-refractivity contribution >= 4 is 5.97 Å². The molecule has 0 aromatic carbocycles. The van der Waals surface area contributed by atoms with Crippen LogP contribution in [0.1, 0.15) is 6.42 Å². The smallest absolute Gasteiger partial charge is 0.468 e. The molecule has 1 aliphatic rings. The van der Waals surface area contributed by atoms with Crippen molar-refractivity contribution in [1.29, 1.82) is 0 Å². The van der Waals surface area contributed by atoms with Crippen LogP contribution >= 0.6 is 0 Å². The average Bonchev–Trinajstić information content (AvgIpc) is 2.62. The third-order valence-corrected chi connectivity index (χ3v) is 2.22. The molecule has 2 atom stereocenters. The Balaban J connectivity index is 2.53. The molecule has 1 saturated heterocycles. The number of rotatable bonds is 3. The fourth-order valence-corrected chi connectivity index (χ4v) is 1.39. The van der Waals surface area contributed by atoms with Gasteiger partial charge in [-0.1, -0.05) is 0 Å². The van der Waals surface area contributed by atoms with Gasteiger partial charge in [0, 0.05) is 13.0 Å². The second kappa shape index (κ2) is 4.73. The first-order valence-electron chi connectivity index (χ1n) is 4.61. The van der Waals surface area contributed by atoms with Crippen LogP contribution in [0.4, 0.5) is 22.0 Å². The minimum absolute atomic E-state index is 0.272. The lowest BCUT2D eigenvalue weighted by molar-refractivity contribution is -0.400. The van der Waals surface area contributed by atoms with Crippen LogP contribution in [0.3, 0.4) is 0 Å². The molecule has 17 heavy (non-hydrogen) atoms. The summed E-state index contributed by atoms with van der Waals surface area (Å²) < 4.78 is 68.4. The molecule has 0 aromatic rings. The maximum absolute atomic E-state index is 12.5. The van der Waals surface area contributed by atoms with E-state index in [0.717, 1.165) is 7.11 Å². The second-order valence-corrected chi connectivity index (χ2v) is 3.47. The van der Waals surface area contributed by atoms with Crippen molar-refractivity contribution in [1.82, 2.24) is 5.32 Å². The number of esters is 1. The minimum Gasteiger partial charge on any atom is -0.468 e. The third-order valence-electron chi connectivity index (χ3n) is 2.22. The number of alkyl halides is 5. The van der Waals surface area contributed by atoms with Gasteiger partial charge in [0.2, 0.25) is 0 Å². The number of carbonyl (C=O) groups is 1. The molecule has 1 aliphatic heterocycles. The standard InChI is InChI=1S/C8H10F5NO3/c1-16-6(15)5-2-4(3-14-5)17-8(12,13)7(9,10)11/h4-5,14H,2-3H2,1H3. The van der Waals surface area contributed by atoms with E-state index in [1.165, 1.54) is 0 Å². The Bertz CT molecular complexity index is 293. The molecule has 0 aromatic heterocycles. The van der Waals surface area contributed by atoms with Gasteiger partial charge in [-0.3, -0.25) is 4.79 Å². The molecule has 4 nitrogen and oxygen atoms in total. The normalized spacial score (nSPS) is 26.0.